The van der Waals surface area contributed by atoms with Crippen LogP contribution >= 0.6 is 0 Å². The van der Waals surface area contributed by atoms with Crippen molar-refractivity contribution in [2.45, 2.75) is 38.6 Å². The Morgan fingerprint density at radius 3 is 3.10 bits per heavy atom. The minimum atomic E-state index is -0.148. The normalized spacial score (nSPS) is 19.5. The molecule has 1 aromatic rings. The monoisotopic (exact) mass is 277 g/mol. The Kier molecular flexibility index (Phi) is 5.35. The number of pyridine rings is 1. The molecule has 20 heavy (non-hydrogen) atoms. The summed E-state index contributed by atoms with van der Waals surface area (Å²) in [7, 11) is 0. The Bertz CT molecular complexity index is 450. The summed E-state index contributed by atoms with van der Waals surface area (Å²) in [5.41, 5.74) is 1.41. The van der Waals surface area contributed by atoms with E-state index < -0.39 is 0 Å². The first-order chi connectivity index (χ1) is 9.76. The summed E-state index contributed by atoms with van der Waals surface area (Å²) in [6.07, 6.45) is 6.13. The van der Waals surface area contributed by atoms with E-state index >= 15 is 0 Å². The number of nitrogens with one attached hydrogen (secondary N) is 1. The predicted octanol–water partition coefficient (Wildman–Crippen LogP) is 1.57. The number of hydrogen-bond donors (Lipinski definition) is 2. The Balaban J connectivity index is 2.21. The van der Waals surface area contributed by atoms with Crippen molar-refractivity contribution in [1.82, 2.24) is 10.3 Å². The van der Waals surface area contributed by atoms with Crippen LogP contribution in [-0.2, 0) is 0 Å². The molecular weight excluding hydrogens is 254 g/mol. The third kappa shape index (κ3) is 3.48. The van der Waals surface area contributed by atoms with Crippen molar-refractivity contribution < 1.29 is 9.90 Å². The topological polar surface area (TPSA) is 65.5 Å². The summed E-state index contributed by atoms with van der Waals surface area (Å²) in [5.74, 6) is -0.148. The zero-order chi connectivity index (χ0) is 14.4. The minimum Gasteiger partial charge on any atom is -0.394 e. The molecule has 0 aliphatic carbocycles. The van der Waals surface area contributed by atoms with E-state index in [4.69, 9.17) is 0 Å². The maximum atomic E-state index is 11.9. The number of aliphatic hydroxyl groups is 1. The SMILES string of the molecule is CCNC(=O)c1cc(N2CCCCCC2CO)ccn1. The van der Waals surface area contributed by atoms with E-state index in [1.54, 1.807) is 6.20 Å². The van der Waals surface area contributed by atoms with Gasteiger partial charge < -0.3 is 15.3 Å². The predicted molar refractivity (Wildman–Crippen MR) is 78.9 cm³/mol. The molecule has 1 aliphatic rings. The number of aliphatic hydroxyl groups excluding tert-OH is 1. The van der Waals surface area contributed by atoms with Crippen molar-refractivity contribution in [2.24, 2.45) is 0 Å². The van der Waals surface area contributed by atoms with Gasteiger partial charge in [0.15, 0.2) is 0 Å². The van der Waals surface area contributed by atoms with Gasteiger partial charge in [0, 0.05) is 25.0 Å². The van der Waals surface area contributed by atoms with Crippen LogP contribution in [0.2, 0.25) is 0 Å². The van der Waals surface area contributed by atoms with Crippen molar-refractivity contribution >= 4 is 11.6 Å². The van der Waals surface area contributed by atoms with E-state index in [-0.39, 0.29) is 18.6 Å². The molecule has 1 unspecified atom stereocenters. The molecule has 0 spiro atoms. The lowest BCUT2D eigenvalue weighted by molar-refractivity contribution is 0.0951. The quantitative estimate of drug-likeness (QED) is 0.877. The number of carbonyl (C=O) groups excluding carboxylic acids is 1. The third-order valence-electron chi connectivity index (χ3n) is 3.73. The molecule has 1 aliphatic heterocycles. The molecule has 0 saturated carbocycles. The second-order valence-electron chi connectivity index (χ2n) is 5.14. The van der Waals surface area contributed by atoms with Crippen LogP contribution in [-0.4, -0.2) is 41.7 Å². The van der Waals surface area contributed by atoms with Crippen LogP contribution in [0.15, 0.2) is 18.3 Å². The molecule has 1 amide bonds. The van der Waals surface area contributed by atoms with Crippen molar-refractivity contribution in [1.29, 1.82) is 0 Å². The summed E-state index contributed by atoms with van der Waals surface area (Å²) in [4.78, 5) is 18.2. The Morgan fingerprint density at radius 2 is 2.35 bits per heavy atom. The number of nitrogens with zero attached hydrogens (tertiary/aromatic N) is 2. The van der Waals surface area contributed by atoms with E-state index in [9.17, 15) is 9.90 Å². The van der Waals surface area contributed by atoms with Crippen molar-refractivity contribution in [2.75, 3.05) is 24.6 Å². The molecule has 1 atom stereocenters. The molecule has 0 radical (unpaired) electrons. The Morgan fingerprint density at radius 1 is 1.50 bits per heavy atom. The maximum Gasteiger partial charge on any atom is 0.269 e. The number of carbonyl (C=O) groups is 1. The van der Waals surface area contributed by atoms with E-state index in [0.29, 0.717) is 12.2 Å². The van der Waals surface area contributed by atoms with Gasteiger partial charge in [0.1, 0.15) is 5.69 Å². The number of anilines is 1. The lowest BCUT2D eigenvalue weighted by Gasteiger charge is -2.30. The van der Waals surface area contributed by atoms with Gasteiger partial charge in [-0.25, -0.2) is 0 Å². The highest BCUT2D eigenvalue weighted by Crippen LogP contribution is 2.24. The van der Waals surface area contributed by atoms with Gasteiger partial charge in [0.05, 0.1) is 12.6 Å². The Labute approximate surface area is 120 Å². The van der Waals surface area contributed by atoms with Gasteiger partial charge in [-0.1, -0.05) is 12.8 Å². The van der Waals surface area contributed by atoms with Gasteiger partial charge in [-0.15, -0.1) is 0 Å². The van der Waals surface area contributed by atoms with Crippen LogP contribution in [0.3, 0.4) is 0 Å². The molecule has 2 rings (SSSR count). The Hall–Kier alpha value is -1.62. The van der Waals surface area contributed by atoms with Crippen molar-refractivity contribution in [3.63, 3.8) is 0 Å². The summed E-state index contributed by atoms with van der Waals surface area (Å²) in [6.45, 7) is 3.55. The van der Waals surface area contributed by atoms with Crippen LogP contribution in [0.4, 0.5) is 5.69 Å². The summed E-state index contributed by atoms with van der Waals surface area (Å²) in [6, 6.07) is 3.87. The third-order valence-corrected chi connectivity index (χ3v) is 3.73. The summed E-state index contributed by atoms with van der Waals surface area (Å²) >= 11 is 0. The second-order valence-corrected chi connectivity index (χ2v) is 5.14. The zero-order valence-electron chi connectivity index (χ0n) is 12.0. The first kappa shape index (κ1) is 14.8. The molecule has 5 heteroatoms. The highest BCUT2D eigenvalue weighted by molar-refractivity contribution is 5.93. The van der Waals surface area contributed by atoms with Gasteiger partial charge in [-0.3, -0.25) is 9.78 Å². The highest BCUT2D eigenvalue weighted by Gasteiger charge is 2.21. The zero-order valence-corrected chi connectivity index (χ0v) is 12.0. The van der Waals surface area contributed by atoms with Crippen LogP contribution in [0.5, 0.6) is 0 Å². The smallest absolute Gasteiger partial charge is 0.269 e. The lowest BCUT2D eigenvalue weighted by atomic mass is 10.1. The van der Waals surface area contributed by atoms with Crippen molar-refractivity contribution in [3.8, 4) is 0 Å². The molecule has 0 aromatic carbocycles. The number of amides is 1. The standard InChI is InChI=1S/C15H23N3O2/c1-2-16-15(20)14-10-12(7-8-17-14)18-9-5-3-4-6-13(18)11-19/h7-8,10,13,19H,2-6,9,11H2,1H3,(H,16,20). The van der Waals surface area contributed by atoms with E-state index in [2.05, 4.69) is 15.2 Å². The molecule has 2 N–H and O–H groups in total. The van der Waals surface area contributed by atoms with Gasteiger partial charge in [-0.2, -0.15) is 0 Å². The molecule has 0 bridgehead atoms. The molecule has 1 saturated heterocycles. The second kappa shape index (κ2) is 7.24. The van der Waals surface area contributed by atoms with Gasteiger partial charge >= 0.3 is 0 Å². The number of aromatic nitrogens is 1. The minimum absolute atomic E-state index is 0.141. The fourth-order valence-corrected chi connectivity index (χ4v) is 2.68. The molecular formula is C15H23N3O2. The number of hydrogen-bond acceptors (Lipinski definition) is 4. The molecule has 110 valence electrons. The molecule has 1 fully saturated rings. The van der Waals surface area contributed by atoms with Crippen LogP contribution in [0.1, 0.15) is 43.1 Å². The van der Waals surface area contributed by atoms with E-state index in [0.717, 1.165) is 31.5 Å². The van der Waals surface area contributed by atoms with Crippen LogP contribution in [0.25, 0.3) is 0 Å². The fraction of sp³-hybridized carbons (Fsp3) is 0.600. The van der Waals surface area contributed by atoms with Gasteiger partial charge in [0.2, 0.25) is 0 Å². The summed E-state index contributed by atoms with van der Waals surface area (Å²) in [5, 5.41) is 12.3. The fourth-order valence-electron chi connectivity index (χ4n) is 2.68. The van der Waals surface area contributed by atoms with E-state index in [1.807, 2.05) is 19.1 Å². The highest BCUT2D eigenvalue weighted by atomic mass is 16.3. The maximum absolute atomic E-state index is 11.9. The van der Waals surface area contributed by atoms with Gasteiger partial charge in [0.25, 0.3) is 5.91 Å². The average molecular weight is 277 g/mol. The first-order valence-electron chi connectivity index (χ1n) is 7.38. The van der Waals surface area contributed by atoms with E-state index in [1.165, 1.54) is 6.42 Å². The first-order valence-corrected chi connectivity index (χ1v) is 7.38. The van der Waals surface area contributed by atoms with Crippen molar-refractivity contribution in [3.05, 3.63) is 24.0 Å². The lowest BCUT2D eigenvalue weighted by Crippen LogP contribution is -2.37. The molecule has 5 nitrogen and oxygen atoms in total. The average Bonchev–Trinajstić information content (AvgIpc) is 2.72. The van der Waals surface area contributed by atoms with Crippen LogP contribution < -0.4 is 10.2 Å². The largest absolute Gasteiger partial charge is 0.394 e. The van der Waals surface area contributed by atoms with Crippen LogP contribution in [0, 0.1) is 0 Å². The summed E-state index contributed by atoms with van der Waals surface area (Å²) < 4.78 is 0. The molecule has 1 aromatic heterocycles. The number of rotatable bonds is 4. The van der Waals surface area contributed by atoms with Gasteiger partial charge in [-0.05, 0) is 31.9 Å². The molecule has 2 heterocycles.